The molecule has 3 unspecified atom stereocenters. The van der Waals surface area contributed by atoms with Gasteiger partial charge in [-0.15, -0.1) is 0 Å². The van der Waals surface area contributed by atoms with Gasteiger partial charge >= 0.3 is 7.82 Å². The monoisotopic (exact) mass is 1060 g/mol. The molecule has 0 spiro atoms. The zero-order valence-electron chi connectivity index (χ0n) is 50.1. The lowest BCUT2D eigenvalue weighted by molar-refractivity contribution is -0.870. The fourth-order valence-electron chi connectivity index (χ4n) is 9.76. The van der Waals surface area contributed by atoms with E-state index in [0.717, 1.165) is 38.5 Å². The van der Waals surface area contributed by atoms with E-state index >= 15 is 0 Å². The molecule has 0 heterocycles. The van der Waals surface area contributed by atoms with E-state index in [1.54, 1.807) is 6.08 Å². The molecule has 74 heavy (non-hydrogen) atoms. The number of carbonyl (C=O) groups is 1. The number of likely N-dealkylation sites (N-methyl/N-ethyl adjacent to an activating group) is 1. The van der Waals surface area contributed by atoms with Gasteiger partial charge in [0.25, 0.3) is 0 Å². The van der Waals surface area contributed by atoms with E-state index in [-0.39, 0.29) is 19.1 Å². The molecule has 0 bridgehead atoms. The van der Waals surface area contributed by atoms with Gasteiger partial charge in [-0.3, -0.25) is 13.8 Å². The number of amides is 1. The van der Waals surface area contributed by atoms with Crippen molar-refractivity contribution in [3.05, 3.63) is 36.5 Å². The summed E-state index contributed by atoms with van der Waals surface area (Å²) in [5, 5.41) is 13.9. The summed E-state index contributed by atoms with van der Waals surface area (Å²) in [5.41, 5.74) is 0. The van der Waals surface area contributed by atoms with Crippen LogP contribution < -0.4 is 5.32 Å². The van der Waals surface area contributed by atoms with Crippen LogP contribution in [0.4, 0.5) is 0 Å². The largest absolute Gasteiger partial charge is 0.472 e. The number of phosphoric ester groups is 1. The topological polar surface area (TPSA) is 105 Å². The van der Waals surface area contributed by atoms with Gasteiger partial charge in [-0.2, -0.15) is 0 Å². The Morgan fingerprint density at radius 3 is 1.08 bits per heavy atom. The third-order valence-electron chi connectivity index (χ3n) is 14.8. The minimum Gasteiger partial charge on any atom is -0.387 e. The van der Waals surface area contributed by atoms with Crippen molar-refractivity contribution >= 4 is 13.7 Å². The van der Waals surface area contributed by atoms with Gasteiger partial charge < -0.3 is 19.8 Å². The summed E-state index contributed by atoms with van der Waals surface area (Å²) in [6, 6.07) is -0.860. The molecule has 0 radical (unpaired) electrons. The molecule has 3 N–H and O–H groups in total. The number of phosphoric acid groups is 1. The summed E-state index contributed by atoms with van der Waals surface area (Å²) in [6.45, 7) is 4.81. The second kappa shape index (κ2) is 56.4. The number of rotatable bonds is 60. The fraction of sp³-hybridized carbons (Fsp3) is 0.892. The van der Waals surface area contributed by atoms with Crippen LogP contribution in [0.1, 0.15) is 322 Å². The molecule has 0 aliphatic rings. The van der Waals surface area contributed by atoms with Crippen molar-refractivity contribution in [2.24, 2.45) is 0 Å². The van der Waals surface area contributed by atoms with E-state index in [2.05, 4.69) is 43.5 Å². The standard InChI is InChI=1S/C65H127N2O6P/c1-6-8-10-12-14-16-18-20-21-22-23-24-25-26-27-28-29-30-31-32-33-34-35-36-37-38-39-40-41-42-43-44-45-47-49-51-53-55-57-59-65(69)66-63(62-73-74(70,71)72-61-60-67(3,4)5)64(68)58-56-54-52-50-48-46-19-17-15-13-11-9-7-2/h22-23,48,50,56,58,63-64,68H,6-21,24-47,49,51-55,57,59-62H2,1-5H3,(H-,66,69,70,71)/p+1/b23-22-,50-48+,58-56+. The number of aliphatic hydroxyl groups excluding tert-OH is 1. The van der Waals surface area contributed by atoms with E-state index in [4.69, 9.17) is 9.05 Å². The Hall–Kier alpha value is -1.28. The minimum atomic E-state index is -4.35. The van der Waals surface area contributed by atoms with E-state index < -0.39 is 20.0 Å². The number of hydrogen-bond donors (Lipinski definition) is 3. The normalized spacial score (nSPS) is 14.0. The molecule has 9 heteroatoms. The molecular formula is C65H128N2O6P+. The van der Waals surface area contributed by atoms with Crippen LogP contribution in [0.25, 0.3) is 0 Å². The summed E-state index contributed by atoms with van der Waals surface area (Å²) in [5.74, 6) is -0.182. The molecule has 0 fully saturated rings. The third-order valence-corrected chi connectivity index (χ3v) is 15.8. The first-order valence-electron chi connectivity index (χ1n) is 32.4. The van der Waals surface area contributed by atoms with Gasteiger partial charge in [0, 0.05) is 6.42 Å². The van der Waals surface area contributed by atoms with Crippen LogP contribution in [0.15, 0.2) is 36.5 Å². The average molecular weight is 1060 g/mol. The molecule has 0 aliphatic heterocycles. The Balaban J connectivity index is 3.86. The number of nitrogens with one attached hydrogen (secondary N) is 1. The third kappa shape index (κ3) is 58.4. The number of unbranched alkanes of at least 4 members (excludes halogenated alkanes) is 43. The summed E-state index contributed by atoms with van der Waals surface area (Å²) < 4.78 is 23.7. The van der Waals surface area contributed by atoms with Crippen molar-refractivity contribution in [1.82, 2.24) is 5.32 Å². The quantitative estimate of drug-likeness (QED) is 0.0243. The molecule has 8 nitrogen and oxygen atoms in total. The highest BCUT2D eigenvalue weighted by Crippen LogP contribution is 2.43. The van der Waals surface area contributed by atoms with Crippen LogP contribution in [0.2, 0.25) is 0 Å². The molecule has 0 aromatic heterocycles. The maximum atomic E-state index is 13.0. The lowest BCUT2D eigenvalue weighted by atomic mass is 10.0. The Kier molecular flexibility index (Phi) is 55.5. The average Bonchev–Trinajstić information content (AvgIpc) is 3.36. The molecule has 438 valence electrons. The summed E-state index contributed by atoms with van der Waals surface area (Å²) >= 11 is 0. The first-order chi connectivity index (χ1) is 36.0. The van der Waals surface area contributed by atoms with Crippen molar-refractivity contribution in [1.29, 1.82) is 0 Å². The molecule has 0 rings (SSSR count). The minimum absolute atomic E-state index is 0.0579. The van der Waals surface area contributed by atoms with Crippen LogP contribution in [0, 0.1) is 0 Å². The van der Waals surface area contributed by atoms with Crippen LogP contribution in [-0.2, 0) is 18.4 Å². The van der Waals surface area contributed by atoms with E-state index in [1.807, 2.05) is 27.2 Å². The Bertz CT molecular complexity index is 1300. The van der Waals surface area contributed by atoms with Crippen molar-refractivity contribution in [2.75, 3.05) is 40.9 Å². The van der Waals surface area contributed by atoms with Gasteiger partial charge in [-0.1, -0.05) is 294 Å². The van der Waals surface area contributed by atoms with Crippen molar-refractivity contribution < 1.29 is 32.9 Å². The highest BCUT2D eigenvalue weighted by Gasteiger charge is 2.27. The molecule has 1 amide bonds. The first kappa shape index (κ1) is 72.7. The molecular weight excluding hydrogens is 936 g/mol. The van der Waals surface area contributed by atoms with Crippen molar-refractivity contribution in [3.63, 3.8) is 0 Å². The van der Waals surface area contributed by atoms with Crippen LogP contribution in [-0.4, -0.2) is 73.4 Å². The van der Waals surface area contributed by atoms with Crippen molar-refractivity contribution in [2.45, 2.75) is 334 Å². The highest BCUT2D eigenvalue weighted by molar-refractivity contribution is 7.47. The molecule has 0 saturated heterocycles. The fourth-order valence-corrected chi connectivity index (χ4v) is 10.5. The predicted octanol–water partition coefficient (Wildman–Crippen LogP) is 20.1. The summed E-state index contributed by atoms with van der Waals surface area (Å²) in [6.07, 6.45) is 74.5. The maximum Gasteiger partial charge on any atom is 0.472 e. The number of aliphatic hydroxyl groups is 1. The SMILES string of the molecule is CCCCCCCCC/C=C/CC/C=C/C(O)C(COP(=O)(O)OCC[N+](C)(C)C)NC(=O)CCCCCCCCCCCCCCCCCCCCCCCCCCCCC/C=C\CCCCCCCCCC. The Labute approximate surface area is 461 Å². The number of carbonyl (C=O) groups excluding carboxylic acids is 1. The van der Waals surface area contributed by atoms with E-state index in [0.29, 0.717) is 17.4 Å². The second-order valence-electron chi connectivity index (χ2n) is 23.5. The van der Waals surface area contributed by atoms with Gasteiger partial charge in [0.1, 0.15) is 13.2 Å². The van der Waals surface area contributed by atoms with Gasteiger partial charge in [0.15, 0.2) is 0 Å². The highest BCUT2D eigenvalue weighted by atomic mass is 31.2. The number of quaternary nitrogens is 1. The van der Waals surface area contributed by atoms with E-state index in [1.165, 1.54) is 263 Å². The zero-order valence-corrected chi connectivity index (χ0v) is 51.0. The smallest absolute Gasteiger partial charge is 0.387 e. The maximum absolute atomic E-state index is 13.0. The number of nitrogens with zero attached hydrogens (tertiary/aromatic N) is 1. The first-order valence-corrected chi connectivity index (χ1v) is 33.9. The van der Waals surface area contributed by atoms with Gasteiger partial charge in [0.05, 0.1) is 39.9 Å². The molecule has 3 atom stereocenters. The van der Waals surface area contributed by atoms with E-state index in [9.17, 15) is 19.4 Å². The van der Waals surface area contributed by atoms with Gasteiger partial charge in [0.2, 0.25) is 5.91 Å². The van der Waals surface area contributed by atoms with Gasteiger partial charge in [-0.05, 0) is 57.8 Å². The van der Waals surface area contributed by atoms with Crippen LogP contribution >= 0.6 is 7.82 Å². The zero-order chi connectivity index (χ0) is 54.2. The van der Waals surface area contributed by atoms with Gasteiger partial charge in [-0.25, -0.2) is 4.57 Å². The summed E-state index contributed by atoms with van der Waals surface area (Å²) in [7, 11) is 1.57. The van der Waals surface area contributed by atoms with Crippen LogP contribution in [0.5, 0.6) is 0 Å². The lowest BCUT2D eigenvalue weighted by Crippen LogP contribution is -2.45. The predicted molar refractivity (Wildman–Crippen MR) is 323 cm³/mol. The molecule has 0 saturated carbocycles. The molecule has 0 aromatic carbocycles. The molecule has 0 aromatic rings. The summed E-state index contributed by atoms with van der Waals surface area (Å²) in [4.78, 5) is 23.3. The van der Waals surface area contributed by atoms with Crippen molar-refractivity contribution in [3.8, 4) is 0 Å². The number of allylic oxidation sites excluding steroid dienone is 5. The Morgan fingerprint density at radius 1 is 0.446 bits per heavy atom. The Morgan fingerprint density at radius 2 is 0.743 bits per heavy atom. The van der Waals surface area contributed by atoms with Crippen LogP contribution in [0.3, 0.4) is 0 Å². The molecule has 0 aliphatic carbocycles. The second-order valence-corrected chi connectivity index (χ2v) is 24.9. The number of hydrogen-bond acceptors (Lipinski definition) is 5. The lowest BCUT2D eigenvalue weighted by Gasteiger charge is -2.25.